The Labute approximate surface area is 255 Å². The lowest BCUT2D eigenvalue weighted by atomic mass is 10.4. The predicted molar refractivity (Wildman–Crippen MR) is 155 cm³/mol. The normalized spacial score (nSPS) is 10.6. The van der Waals surface area contributed by atoms with E-state index in [2.05, 4.69) is 61.2 Å². The average molecular weight is 660 g/mol. The van der Waals surface area contributed by atoms with E-state index in [-0.39, 0.29) is 0 Å². The molecule has 0 saturated heterocycles. The molecule has 0 unspecified atom stereocenters. The summed E-state index contributed by atoms with van der Waals surface area (Å²) in [5.41, 5.74) is 3.30. The lowest BCUT2D eigenvalue weighted by molar-refractivity contribution is 0.621. The number of rotatable bonds is 3. The molecule has 0 aliphatic carbocycles. The van der Waals surface area contributed by atoms with Crippen LogP contribution >= 0.6 is 44.7 Å². The van der Waals surface area contributed by atoms with E-state index in [9.17, 15) is 0 Å². The number of nitriles is 2. The van der Waals surface area contributed by atoms with Crippen molar-refractivity contribution in [2.75, 3.05) is 6.26 Å². The first-order chi connectivity index (χ1) is 20.1. The molecular weight excluding hydrogens is 647 g/mol. The van der Waals surface area contributed by atoms with E-state index in [4.69, 9.17) is 30.5 Å². The van der Waals surface area contributed by atoms with Crippen LogP contribution in [0.1, 0.15) is 11.4 Å². The van der Waals surface area contributed by atoms with Crippen molar-refractivity contribution in [1.29, 1.82) is 10.5 Å². The fourth-order valence-corrected chi connectivity index (χ4v) is 3.78. The van der Waals surface area contributed by atoms with Gasteiger partial charge in [-0.05, 0) is 18.4 Å². The molecule has 210 valence electrons. The first-order valence-corrected chi connectivity index (χ1v) is 15.8. The molecule has 0 saturated carbocycles. The van der Waals surface area contributed by atoms with Crippen LogP contribution in [0.4, 0.5) is 0 Å². The first kappa shape index (κ1) is 30.5. The largest absolute Gasteiger partial charge is 0.317 e. The Morgan fingerprint density at radius 3 is 1.69 bits per heavy atom. The van der Waals surface area contributed by atoms with Crippen LogP contribution in [0.15, 0.2) is 66.7 Å². The van der Waals surface area contributed by atoms with E-state index in [0.717, 1.165) is 10.7 Å². The van der Waals surface area contributed by atoms with Crippen molar-refractivity contribution in [3.63, 3.8) is 0 Å². The summed E-state index contributed by atoms with van der Waals surface area (Å²) in [6.07, 6.45) is 14.8. The van der Waals surface area contributed by atoms with Crippen molar-refractivity contribution in [2.24, 2.45) is 0 Å². The van der Waals surface area contributed by atoms with E-state index in [0.29, 0.717) is 45.2 Å². The van der Waals surface area contributed by atoms with Gasteiger partial charge >= 0.3 is 8.26 Å². The number of hydrogen-bond acceptors (Lipinski definition) is 13. The molecule has 0 bridgehead atoms. The highest BCUT2D eigenvalue weighted by Crippen LogP contribution is 2.20. The maximum Gasteiger partial charge on any atom is 0.317 e. The smallest absolute Gasteiger partial charge is 0.293 e. The van der Waals surface area contributed by atoms with Gasteiger partial charge < -0.3 is 0 Å². The number of nitrogens with zero attached hydrogens (tertiary/aromatic N) is 12. The Kier molecular flexibility index (Phi) is 9.79. The standard InChI is InChI=1S/C12H8N6S.C11H5ClN6.Cl2O2S/c1-19-11-2-3-14-12(17-11)9-5-16-10-6-15-8(4-13)7-18(9)10;12-9-1-2-14-11(17-9)8-4-16-10-5-15-7(3-13)6-18(8)10;1-5(2,3)4/h2-3,5-7H,1H3;1-2,4-6H;. The third-order valence-corrected chi connectivity index (χ3v) is 5.80. The van der Waals surface area contributed by atoms with E-state index in [1.54, 1.807) is 70.0 Å². The second-order valence-corrected chi connectivity index (χ2v) is 12.4. The van der Waals surface area contributed by atoms with E-state index < -0.39 is 8.26 Å². The molecule has 0 aliphatic rings. The van der Waals surface area contributed by atoms with Gasteiger partial charge in [0.1, 0.15) is 28.7 Å². The molecule has 6 rings (SSSR count). The van der Waals surface area contributed by atoms with Gasteiger partial charge in [-0.2, -0.15) is 18.9 Å². The van der Waals surface area contributed by atoms with Gasteiger partial charge in [-0.25, -0.2) is 39.9 Å². The van der Waals surface area contributed by atoms with Crippen molar-refractivity contribution < 1.29 is 8.42 Å². The molecule has 0 amide bonds. The molecule has 0 radical (unpaired) electrons. The molecule has 0 N–H and O–H groups in total. The van der Waals surface area contributed by atoms with Crippen molar-refractivity contribution in [3.05, 3.63) is 78.2 Å². The zero-order valence-electron chi connectivity index (χ0n) is 20.9. The topological polar surface area (TPSA) is 194 Å². The van der Waals surface area contributed by atoms with Crippen LogP contribution in [0.2, 0.25) is 5.15 Å². The molecule has 0 aliphatic heterocycles. The fraction of sp³-hybridized carbons (Fsp3) is 0.0435. The lowest BCUT2D eigenvalue weighted by Crippen LogP contribution is -1.96. The highest BCUT2D eigenvalue weighted by Gasteiger charge is 2.11. The molecule has 6 aromatic heterocycles. The Bertz CT molecular complexity index is 2080. The van der Waals surface area contributed by atoms with Gasteiger partial charge in [0, 0.05) is 46.2 Å². The van der Waals surface area contributed by atoms with Crippen molar-refractivity contribution in [1.82, 2.24) is 48.7 Å². The number of aromatic nitrogens is 10. The van der Waals surface area contributed by atoms with Crippen LogP contribution in [-0.2, 0) is 8.26 Å². The van der Waals surface area contributed by atoms with Crippen LogP contribution in [-0.4, -0.2) is 63.3 Å². The SMILES string of the molecule is CSc1ccnc(-c2cnc3cnc(C#N)cn23)n1.N#Cc1cn2c(-c3nccc(Cl)n3)cnc2cn1.O=S(=O)(Cl)Cl. The number of halogens is 3. The Hall–Kier alpha value is -4.45. The lowest BCUT2D eigenvalue weighted by Gasteiger charge is -2.02. The molecule has 6 heterocycles. The van der Waals surface area contributed by atoms with Crippen LogP contribution in [0.5, 0.6) is 0 Å². The number of hydrogen-bond donors (Lipinski definition) is 0. The number of fused-ring (bicyclic) bond motifs is 2. The molecule has 14 nitrogen and oxygen atoms in total. The summed E-state index contributed by atoms with van der Waals surface area (Å²) in [4.78, 5) is 33.2. The molecule has 0 fully saturated rings. The van der Waals surface area contributed by atoms with Crippen LogP contribution in [0.3, 0.4) is 0 Å². The van der Waals surface area contributed by atoms with E-state index >= 15 is 0 Å². The maximum atomic E-state index is 9.16. The summed E-state index contributed by atoms with van der Waals surface area (Å²) in [7, 11) is 4.81. The molecular formula is C23H13Cl3N12O2S2. The van der Waals surface area contributed by atoms with Gasteiger partial charge in [0.15, 0.2) is 34.3 Å². The zero-order valence-corrected chi connectivity index (χ0v) is 24.8. The zero-order chi connectivity index (χ0) is 30.3. The molecule has 0 aromatic carbocycles. The van der Waals surface area contributed by atoms with Crippen LogP contribution < -0.4 is 0 Å². The number of thioether (sulfide) groups is 1. The van der Waals surface area contributed by atoms with Gasteiger partial charge in [0.25, 0.3) is 0 Å². The summed E-state index contributed by atoms with van der Waals surface area (Å²) in [6.45, 7) is 0. The summed E-state index contributed by atoms with van der Waals surface area (Å²) in [6, 6.07) is 7.42. The molecule has 0 spiro atoms. The minimum absolute atomic E-state index is 0.295. The third-order valence-electron chi connectivity index (χ3n) is 4.94. The quantitative estimate of drug-likeness (QED) is 0.149. The monoisotopic (exact) mass is 658 g/mol. The fourth-order valence-electron chi connectivity index (χ4n) is 3.26. The minimum atomic E-state index is -3.72. The average Bonchev–Trinajstić information content (AvgIpc) is 3.60. The van der Waals surface area contributed by atoms with Gasteiger partial charge in [-0.1, -0.05) is 11.6 Å². The Morgan fingerprint density at radius 1 is 0.762 bits per heavy atom. The predicted octanol–water partition coefficient (Wildman–Crippen LogP) is 4.20. The summed E-state index contributed by atoms with van der Waals surface area (Å²) < 4.78 is 21.8. The number of imidazole rings is 2. The van der Waals surface area contributed by atoms with Crippen molar-refractivity contribution in [2.45, 2.75) is 5.03 Å². The Balaban J connectivity index is 0.000000167. The third kappa shape index (κ3) is 7.84. The maximum absolute atomic E-state index is 9.16. The van der Waals surface area contributed by atoms with Crippen LogP contribution in [0, 0.1) is 22.7 Å². The highest BCUT2D eigenvalue weighted by molar-refractivity contribution is 8.31. The summed E-state index contributed by atoms with van der Waals surface area (Å²) >= 11 is 7.37. The van der Waals surface area contributed by atoms with Gasteiger partial charge in [-0.3, -0.25) is 8.80 Å². The summed E-state index contributed by atoms with van der Waals surface area (Å²) in [5.74, 6) is 1.03. The second kappa shape index (κ2) is 13.5. The van der Waals surface area contributed by atoms with E-state index in [1.165, 1.54) is 6.20 Å². The molecule has 19 heteroatoms. The van der Waals surface area contributed by atoms with E-state index in [1.807, 2.05) is 24.5 Å². The second-order valence-electron chi connectivity index (χ2n) is 7.52. The van der Waals surface area contributed by atoms with Crippen molar-refractivity contribution in [3.8, 4) is 35.2 Å². The van der Waals surface area contributed by atoms with Gasteiger partial charge in [0.05, 0.1) is 29.8 Å². The Morgan fingerprint density at radius 2 is 1.24 bits per heavy atom. The van der Waals surface area contributed by atoms with Gasteiger partial charge in [0.2, 0.25) is 0 Å². The highest BCUT2D eigenvalue weighted by atomic mass is 36.0. The minimum Gasteiger partial charge on any atom is -0.293 e. The van der Waals surface area contributed by atoms with Gasteiger partial charge in [-0.15, -0.1) is 11.8 Å². The van der Waals surface area contributed by atoms with Crippen molar-refractivity contribution >= 4 is 64.3 Å². The molecule has 42 heavy (non-hydrogen) atoms. The first-order valence-electron chi connectivity index (χ1n) is 11.1. The molecule has 6 aromatic rings. The molecule has 0 atom stereocenters. The summed E-state index contributed by atoms with van der Waals surface area (Å²) in [5, 5.41) is 19.0. The van der Waals surface area contributed by atoms with Crippen LogP contribution in [0.25, 0.3) is 34.3 Å².